The van der Waals surface area contributed by atoms with E-state index in [1.54, 1.807) is 13.2 Å². The summed E-state index contributed by atoms with van der Waals surface area (Å²) in [5, 5.41) is 0. The smallest absolute Gasteiger partial charge is 0.161 e. The number of nitrogens with two attached hydrogens (primary N) is 1. The van der Waals surface area contributed by atoms with Gasteiger partial charge in [-0.05, 0) is 54.8 Å². The zero-order valence-corrected chi connectivity index (χ0v) is 14.0. The van der Waals surface area contributed by atoms with Gasteiger partial charge in [-0.1, -0.05) is 19.1 Å². The number of benzene rings is 2. The molecule has 0 bridgehead atoms. The summed E-state index contributed by atoms with van der Waals surface area (Å²) in [6, 6.07) is 9.62. The average molecular weight is 335 g/mol. The van der Waals surface area contributed by atoms with Crippen LogP contribution in [0.2, 0.25) is 0 Å². The topological polar surface area (TPSA) is 44.5 Å². The molecule has 0 fully saturated rings. The van der Waals surface area contributed by atoms with E-state index in [2.05, 4.69) is 0 Å². The SMILES string of the molecule is CCCOc1cc(CC(CN)c2ccc(F)c(F)c2)ccc1OC. The Kier molecular flexibility index (Phi) is 6.55. The normalized spacial score (nSPS) is 12.0. The van der Waals surface area contributed by atoms with Crippen molar-refractivity contribution < 1.29 is 18.3 Å². The van der Waals surface area contributed by atoms with E-state index in [-0.39, 0.29) is 5.92 Å². The molecule has 2 aromatic rings. The van der Waals surface area contributed by atoms with Crippen molar-refractivity contribution in [3.05, 3.63) is 59.2 Å². The van der Waals surface area contributed by atoms with E-state index in [4.69, 9.17) is 15.2 Å². The van der Waals surface area contributed by atoms with Crippen LogP contribution < -0.4 is 15.2 Å². The highest BCUT2D eigenvalue weighted by molar-refractivity contribution is 5.43. The highest BCUT2D eigenvalue weighted by Gasteiger charge is 2.15. The van der Waals surface area contributed by atoms with Crippen LogP contribution in [0, 0.1) is 11.6 Å². The molecule has 2 rings (SSSR count). The van der Waals surface area contributed by atoms with E-state index in [1.165, 1.54) is 6.07 Å². The van der Waals surface area contributed by atoms with Gasteiger partial charge in [0.1, 0.15) is 0 Å². The molecule has 130 valence electrons. The summed E-state index contributed by atoms with van der Waals surface area (Å²) in [6.07, 6.45) is 1.50. The molecule has 1 atom stereocenters. The molecule has 0 heterocycles. The summed E-state index contributed by atoms with van der Waals surface area (Å²) in [4.78, 5) is 0. The molecule has 0 spiro atoms. The Morgan fingerprint density at radius 3 is 2.46 bits per heavy atom. The zero-order valence-electron chi connectivity index (χ0n) is 14.0. The molecule has 5 heteroatoms. The van der Waals surface area contributed by atoms with Crippen LogP contribution in [0.3, 0.4) is 0 Å². The summed E-state index contributed by atoms with van der Waals surface area (Å²) >= 11 is 0. The fraction of sp³-hybridized carbons (Fsp3) is 0.368. The average Bonchev–Trinajstić information content (AvgIpc) is 2.60. The maximum absolute atomic E-state index is 13.5. The highest BCUT2D eigenvalue weighted by atomic mass is 19.2. The van der Waals surface area contributed by atoms with Crippen molar-refractivity contribution in [1.82, 2.24) is 0 Å². The Labute approximate surface area is 141 Å². The summed E-state index contributed by atoms with van der Waals surface area (Å²) in [7, 11) is 1.60. The minimum Gasteiger partial charge on any atom is -0.493 e. The Balaban J connectivity index is 2.22. The first-order valence-electron chi connectivity index (χ1n) is 8.03. The first kappa shape index (κ1) is 18.2. The molecule has 2 aromatic carbocycles. The van der Waals surface area contributed by atoms with Crippen LogP contribution in [0.1, 0.15) is 30.4 Å². The standard InChI is InChI=1S/C19H23F2NO2/c1-3-8-24-19-10-13(4-7-18(19)23-2)9-15(12-22)14-5-6-16(20)17(21)11-14/h4-7,10-11,15H,3,8-9,12,22H2,1-2H3. The van der Waals surface area contributed by atoms with Gasteiger partial charge in [0.15, 0.2) is 23.1 Å². The van der Waals surface area contributed by atoms with Crippen molar-refractivity contribution in [1.29, 1.82) is 0 Å². The van der Waals surface area contributed by atoms with Crippen molar-refractivity contribution >= 4 is 0 Å². The van der Waals surface area contributed by atoms with Crippen LogP contribution in [0.25, 0.3) is 0 Å². The summed E-state index contributed by atoms with van der Waals surface area (Å²) in [6.45, 7) is 2.97. The summed E-state index contributed by atoms with van der Waals surface area (Å²) < 4.78 is 37.6. The maximum Gasteiger partial charge on any atom is 0.161 e. The van der Waals surface area contributed by atoms with Gasteiger partial charge in [-0.3, -0.25) is 0 Å². The fourth-order valence-electron chi connectivity index (χ4n) is 2.56. The third-order valence-corrected chi connectivity index (χ3v) is 3.87. The molecule has 3 nitrogen and oxygen atoms in total. The minimum absolute atomic E-state index is 0.104. The lowest BCUT2D eigenvalue weighted by atomic mass is 9.92. The molecule has 0 aliphatic carbocycles. The van der Waals surface area contributed by atoms with Gasteiger partial charge >= 0.3 is 0 Å². The van der Waals surface area contributed by atoms with Crippen molar-refractivity contribution in [2.75, 3.05) is 20.3 Å². The second-order valence-electron chi connectivity index (χ2n) is 5.64. The molecule has 0 aliphatic rings. The Morgan fingerprint density at radius 2 is 1.83 bits per heavy atom. The Morgan fingerprint density at radius 1 is 1.04 bits per heavy atom. The molecule has 0 amide bonds. The number of ether oxygens (including phenoxy) is 2. The first-order valence-corrected chi connectivity index (χ1v) is 8.03. The lowest BCUT2D eigenvalue weighted by Gasteiger charge is -2.17. The van der Waals surface area contributed by atoms with E-state index in [9.17, 15) is 8.78 Å². The second-order valence-corrected chi connectivity index (χ2v) is 5.64. The molecule has 0 aromatic heterocycles. The van der Waals surface area contributed by atoms with E-state index in [0.29, 0.717) is 36.6 Å². The van der Waals surface area contributed by atoms with Gasteiger partial charge in [0.05, 0.1) is 13.7 Å². The number of halogens is 2. The number of hydrogen-bond acceptors (Lipinski definition) is 3. The van der Waals surface area contributed by atoms with E-state index in [0.717, 1.165) is 18.1 Å². The molecular formula is C19H23F2NO2. The Hall–Kier alpha value is -2.14. The number of rotatable bonds is 8. The van der Waals surface area contributed by atoms with Crippen LogP contribution in [0.15, 0.2) is 36.4 Å². The molecule has 24 heavy (non-hydrogen) atoms. The van der Waals surface area contributed by atoms with E-state index < -0.39 is 11.6 Å². The van der Waals surface area contributed by atoms with Gasteiger partial charge in [-0.15, -0.1) is 0 Å². The van der Waals surface area contributed by atoms with E-state index >= 15 is 0 Å². The summed E-state index contributed by atoms with van der Waals surface area (Å²) in [5.41, 5.74) is 7.53. The summed E-state index contributed by atoms with van der Waals surface area (Å²) in [5.74, 6) is -0.461. The van der Waals surface area contributed by atoms with Crippen molar-refractivity contribution in [3.8, 4) is 11.5 Å². The van der Waals surface area contributed by atoms with E-state index in [1.807, 2.05) is 25.1 Å². The van der Waals surface area contributed by atoms with Crippen molar-refractivity contribution in [2.45, 2.75) is 25.7 Å². The molecule has 0 radical (unpaired) electrons. The van der Waals surface area contributed by atoms with Crippen LogP contribution in [0.4, 0.5) is 8.78 Å². The number of methoxy groups -OCH3 is 1. The van der Waals surface area contributed by atoms with Gasteiger partial charge in [0.25, 0.3) is 0 Å². The van der Waals surface area contributed by atoms with Crippen LogP contribution in [-0.4, -0.2) is 20.3 Å². The van der Waals surface area contributed by atoms with Crippen molar-refractivity contribution in [2.24, 2.45) is 5.73 Å². The molecule has 0 aliphatic heterocycles. The van der Waals surface area contributed by atoms with Crippen LogP contribution >= 0.6 is 0 Å². The quantitative estimate of drug-likeness (QED) is 0.791. The monoisotopic (exact) mass is 335 g/mol. The third-order valence-electron chi connectivity index (χ3n) is 3.87. The third kappa shape index (κ3) is 4.45. The maximum atomic E-state index is 13.5. The van der Waals surface area contributed by atoms with Crippen molar-refractivity contribution in [3.63, 3.8) is 0 Å². The fourth-order valence-corrected chi connectivity index (χ4v) is 2.56. The highest BCUT2D eigenvalue weighted by Crippen LogP contribution is 2.30. The zero-order chi connectivity index (χ0) is 17.5. The number of hydrogen-bond donors (Lipinski definition) is 1. The molecule has 1 unspecified atom stereocenters. The molecule has 0 saturated carbocycles. The predicted molar refractivity (Wildman–Crippen MR) is 90.6 cm³/mol. The first-order chi connectivity index (χ1) is 11.6. The Bertz CT molecular complexity index is 676. The van der Waals surface area contributed by atoms with Crippen LogP contribution in [0.5, 0.6) is 11.5 Å². The molecule has 0 saturated heterocycles. The minimum atomic E-state index is -0.854. The van der Waals surface area contributed by atoms with Gasteiger partial charge in [0.2, 0.25) is 0 Å². The lowest BCUT2D eigenvalue weighted by molar-refractivity contribution is 0.294. The predicted octanol–water partition coefficient (Wildman–Crippen LogP) is 4.05. The van der Waals surface area contributed by atoms with Gasteiger partial charge in [0, 0.05) is 5.92 Å². The van der Waals surface area contributed by atoms with Gasteiger partial charge < -0.3 is 15.2 Å². The van der Waals surface area contributed by atoms with Gasteiger partial charge in [-0.2, -0.15) is 0 Å². The largest absolute Gasteiger partial charge is 0.493 e. The molecular weight excluding hydrogens is 312 g/mol. The second kappa shape index (κ2) is 8.64. The van der Waals surface area contributed by atoms with Gasteiger partial charge in [-0.25, -0.2) is 8.78 Å². The lowest BCUT2D eigenvalue weighted by Crippen LogP contribution is -2.15. The molecule has 2 N–H and O–H groups in total. The van der Waals surface area contributed by atoms with Crippen LogP contribution in [-0.2, 0) is 6.42 Å².